The number of alkyl halides is 8. The topological polar surface area (TPSA) is 38.9 Å². The van der Waals surface area contributed by atoms with E-state index in [1.54, 1.807) is 0 Å². The summed E-state index contributed by atoms with van der Waals surface area (Å²) in [5.41, 5.74) is 0.382. The number of nitrogens with zero attached hydrogens (tertiary/aromatic N) is 1. The molecule has 10 heteroatoms. The second-order valence-corrected chi connectivity index (χ2v) is 3.22. The largest absolute Gasteiger partial charge is 0.458 e. The third-order valence-corrected chi connectivity index (χ3v) is 1.92. The van der Waals surface area contributed by atoms with Gasteiger partial charge in [-0.25, -0.2) is 4.98 Å². The van der Waals surface area contributed by atoms with E-state index in [2.05, 4.69) is 4.98 Å². The lowest BCUT2D eigenvalue weighted by Crippen LogP contribution is -2.36. The highest BCUT2D eigenvalue weighted by molar-refractivity contribution is 5.41. The second kappa shape index (κ2) is 3.95. The molecule has 0 saturated heterocycles. The molecule has 2 N–H and O–H groups in total. The van der Waals surface area contributed by atoms with Gasteiger partial charge >= 0.3 is 18.3 Å². The predicted molar refractivity (Wildman–Crippen MR) is 43.6 cm³/mol. The van der Waals surface area contributed by atoms with Crippen molar-refractivity contribution in [2.75, 3.05) is 5.73 Å². The molecular formula is C8H4F8N2. The Kier molecular flexibility index (Phi) is 3.17. The zero-order chi connectivity index (χ0) is 14.4. The van der Waals surface area contributed by atoms with Crippen LogP contribution in [0.2, 0.25) is 0 Å². The van der Waals surface area contributed by atoms with Crippen molar-refractivity contribution in [1.29, 1.82) is 0 Å². The summed E-state index contributed by atoms with van der Waals surface area (Å²) in [5.74, 6) is -6.54. The first-order valence-electron chi connectivity index (χ1n) is 4.15. The number of hydrogen-bond acceptors (Lipinski definition) is 2. The summed E-state index contributed by atoms with van der Waals surface area (Å²) >= 11 is 0. The molecule has 0 amide bonds. The molecule has 0 fully saturated rings. The molecule has 0 aromatic carbocycles. The summed E-state index contributed by atoms with van der Waals surface area (Å²) in [6.07, 6.45) is -11.7. The van der Waals surface area contributed by atoms with Gasteiger partial charge in [-0.1, -0.05) is 0 Å². The highest BCUT2D eigenvalue weighted by Gasteiger charge is 2.61. The van der Waals surface area contributed by atoms with Crippen LogP contribution >= 0.6 is 0 Å². The number of pyridine rings is 1. The van der Waals surface area contributed by atoms with Crippen LogP contribution in [-0.2, 0) is 12.1 Å². The fourth-order valence-corrected chi connectivity index (χ4v) is 1.11. The van der Waals surface area contributed by atoms with Crippen LogP contribution in [0.25, 0.3) is 0 Å². The highest BCUT2D eigenvalue weighted by Crippen LogP contribution is 2.48. The Morgan fingerprint density at radius 1 is 0.889 bits per heavy atom. The molecule has 0 saturated carbocycles. The van der Waals surface area contributed by atoms with Gasteiger partial charge in [0.1, 0.15) is 5.82 Å². The lowest BCUT2D eigenvalue weighted by Gasteiger charge is -2.23. The van der Waals surface area contributed by atoms with E-state index in [0.717, 1.165) is 0 Å². The Bertz CT molecular complexity index is 447. The molecular weight excluding hydrogens is 276 g/mol. The van der Waals surface area contributed by atoms with Crippen LogP contribution in [0.4, 0.5) is 40.9 Å². The van der Waals surface area contributed by atoms with E-state index in [4.69, 9.17) is 5.73 Å². The molecule has 0 aliphatic heterocycles. The number of nitrogen functional groups attached to an aromatic ring is 1. The molecule has 0 aliphatic carbocycles. The van der Waals surface area contributed by atoms with Crippen LogP contribution in [0, 0.1) is 0 Å². The molecule has 1 aromatic heterocycles. The molecule has 1 rings (SSSR count). The zero-order valence-electron chi connectivity index (χ0n) is 8.20. The van der Waals surface area contributed by atoms with Crippen LogP contribution in [0.15, 0.2) is 12.3 Å². The monoisotopic (exact) mass is 280 g/mol. The minimum absolute atomic E-state index is 0.143. The molecule has 102 valence electrons. The van der Waals surface area contributed by atoms with Crippen molar-refractivity contribution in [3.8, 4) is 0 Å². The van der Waals surface area contributed by atoms with Gasteiger partial charge < -0.3 is 5.73 Å². The number of anilines is 1. The van der Waals surface area contributed by atoms with E-state index in [9.17, 15) is 35.1 Å². The Labute approximate surface area is 94.4 Å². The fraction of sp³-hybridized carbons (Fsp3) is 0.375. The molecule has 1 aromatic rings. The van der Waals surface area contributed by atoms with E-state index < -0.39 is 35.2 Å². The maximum atomic E-state index is 12.9. The third-order valence-electron chi connectivity index (χ3n) is 1.92. The molecule has 0 atom stereocenters. The van der Waals surface area contributed by atoms with Crippen molar-refractivity contribution < 1.29 is 35.1 Å². The van der Waals surface area contributed by atoms with Crippen molar-refractivity contribution in [3.63, 3.8) is 0 Å². The predicted octanol–water partition coefficient (Wildman–Crippen LogP) is 3.34. The smallest absolute Gasteiger partial charge is 0.384 e. The number of nitrogens with two attached hydrogens (primary N) is 1. The van der Waals surface area contributed by atoms with E-state index in [1.165, 1.54) is 0 Å². The van der Waals surface area contributed by atoms with Gasteiger partial charge in [0.05, 0.1) is 5.56 Å². The van der Waals surface area contributed by atoms with Crippen LogP contribution in [-0.4, -0.2) is 11.2 Å². The van der Waals surface area contributed by atoms with E-state index in [0.29, 0.717) is 0 Å². The van der Waals surface area contributed by atoms with Crippen LogP contribution in [0.5, 0.6) is 0 Å². The van der Waals surface area contributed by atoms with Crippen molar-refractivity contribution in [2.45, 2.75) is 18.3 Å². The summed E-state index contributed by atoms with van der Waals surface area (Å²) in [4.78, 5) is 2.86. The van der Waals surface area contributed by atoms with Gasteiger partial charge in [-0.05, 0) is 6.07 Å². The Morgan fingerprint density at radius 3 is 1.78 bits per heavy atom. The standard InChI is InChI=1S/C8H4F8N2/c9-6(10,8(14,15)16)3-1-5(17)18-2-4(3)7(11,12)13/h1-2H,(H2,17,18). The number of rotatable bonds is 1. The first-order valence-corrected chi connectivity index (χ1v) is 4.15. The molecule has 0 radical (unpaired) electrons. The third kappa shape index (κ3) is 2.46. The second-order valence-electron chi connectivity index (χ2n) is 3.22. The molecule has 0 unspecified atom stereocenters. The van der Waals surface area contributed by atoms with Crippen LogP contribution in [0.1, 0.15) is 11.1 Å². The van der Waals surface area contributed by atoms with Gasteiger partial charge in [-0.2, -0.15) is 35.1 Å². The van der Waals surface area contributed by atoms with Gasteiger partial charge in [-0.15, -0.1) is 0 Å². The lowest BCUT2D eigenvalue weighted by molar-refractivity contribution is -0.291. The number of halogens is 8. The van der Waals surface area contributed by atoms with E-state index in [-0.39, 0.29) is 12.3 Å². The summed E-state index contributed by atoms with van der Waals surface area (Å²) in [5, 5.41) is 0. The van der Waals surface area contributed by atoms with Gasteiger partial charge in [0.25, 0.3) is 0 Å². The summed E-state index contributed by atoms with van der Waals surface area (Å²) < 4.78 is 98.9. The normalized spacial score (nSPS) is 13.8. The summed E-state index contributed by atoms with van der Waals surface area (Å²) in [6.45, 7) is 0. The SMILES string of the molecule is Nc1cc(C(F)(F)C(F)(F)F)c(C(F)(F)F)cn1. The summed E-state index contributed by atoms with van der Waals surface area (Å²) in [7, 11) is 0. The molecule has 0 spiro atoms. The van der Waals surface area contributed by atoms with Crippen LogP contribution < -0.4 is 5.73 Å². The van der Waals surface area contributed by atoms with Gasteiger partial charge in [0.15, 0.2) is 0 Å². The van der Waals surface area contributed by atoms with Gasteiger partial charge in [-0.3, -0.25) is 0 Å². The quantitative estimate of drug-likeness (QED) is 0.801. The summed E-state index contributed by atoms with van der Waals surface area (Å²) in [6, 6.07) is -0.143. The van der Waals surface area contributed by atoms with Crippen LogP contribution in [0.3, 0.4) is 0 Å². The van der Waals surface area contributed by atoms with Gasteiger partial charge in [0, 0.05) is 11.8 Å². The Balaban J connectivity index is 3.53. The number of aromatic nitrogens is 1. The maximum Gasteiger partial charge on any atom is 0.458 e. The van der Waals surface area contributed by atoms with E-state index in [1.807, 2.05) is 0 Å². The first kappa shape index (κ1) is 14.5. The highest BCUT2D eigenvalue weighted by atomic mass is 19.4. The van der Waals surface area contributed by atoms with Crippen molar-refractivity contribution >= 4 is 5.82 Å². The number of hydrogen-bond donors (Lipinski definition) is 1. The molecule has 0 aliphatic rings. The zero-order valence-corrected chi connectivity index (χ0v) is 8.20. The first-order chi connectivity index (χ1) is 7.87. The Morgan fingerprint density at radius 2 is 1.39 bits per heavy atom. The average molecular weight is 280 g/mol. The lowest BCUT2D eigenvalue weighted by atomic mass is 10.0. The molecule has 1 heterocycles. The van der Waals surface area contributed by atoms with Crippen molar-refractivity contribution in [2.24, 2.45) is 0 Å². The molecule has 2 nitrogen and oxygen atoms in total. The van der Waals surface area contributed by atoms with Crippen molar-refractivity contribution in [3.05, 3.63) is 23.4 Å². The van der Waals surface area contributed by atoms with E-state index >= 15 is 0 Å². The maximum absolute atomic E-state index is 12.9. The minimum atomic E-state index is -6.17. The molecule has 18 heavy (non-hydrogen) atoms. The molecule has 0 bridgehead atoms. The fourth-order valence-electron chi connectivity index (χ4n) is 1.11. The average Bonchev–Trinajstić information content (AvgIpc) is 2.13. The minimum Gasteiger partial charge on any atom is -0.384 e. The Hall–Kier alpha value is -1.61. The van der Waals surface area contributed by atoms with Crippen molar-refractivity contribution in [1.82, 2.24) is 4.98 Å². The van der Waals surface area contributed by atoms with Gasteiger partial charge in [0.2, 0.25) is 0 Å².